The molecule has 8 nitrogen and oxygen atoms in total. The zero-order valence-electron chi connectivity index (χ0n) is 22.3. The number of carbonyl (C=O) groups excluding carboxylic acids is 2. The molecule has 0 unspecified atom stereocenters. The highest BCUT2D eigenvalue weighted by Crippen LogP contribution is 2.39. The fourth-order valence-corrected chi connectivity index (χ4v) is 3.97. The lowest BCUT2D eigenvalue weighted by Crippen LogP contribution is -2.40. The number of ether oxygens (including phenoxy) is 5. The Kier molecular flexibility index (Phi) is 9.96. The standard InChI is InChI=1S/C28H30ClF3O8/c1-27(2,3)40-26(35)17-12-18(13-17)37-10-11-38-22-15-23(36-4)24(39-28(30,31)32)14-16(22)8-9-21(33)19-6-5-7-20(29)25(19)34/h5-9,14-15,17-18,34H,10-13H2,1-4H3/b9-8+/t17-,18+. The lowest BCUT2D eigenvalue weighted by molar-refractivity contribution is -0.275. The number of hydrogen-bond donors (Lipinski definition) is 1. The van der Waals surface area contributed by atoms with E-state index in [0.717, 1.165) is 12.1 Å². The highest BCUT2D eigenvalue weighted by molar-refractivity contribution is 6.32. The van der Waals surface area contributed by atoms with Gasteiger partial charge in [0.25, 0.3) is 0 Å². The SMILES string of the molecule is COc1cc(OCCO[C@H]2C[C@@H](C(=O)OC(C)(C)C)C2)c(/C=C/C(=O)c2cccc(Cl)c2O)cc1OC(F)(F)F. The summed E-state index contributed by atoms with van der Waals surface area (Å²) in [7, 11) is 1.17. The van der Waals surface area contributed by atoms with Crippen LogP contribution in [0.4, 0.5) is 13.2 Å². The van der Waals surface area contributed by atoms with Gasteiger partial charge in [-0.2, -0.15) is 0 Å². The van der Waals surface area contributed by atoms with Crippen LogP contribution in [-0.4, -0.2) is 55.3 Å². The van der Waals surface area contributed by atoms with Crippen molar-refractivity contribution < 1.29 is 51.6 Å². The van der Waals surface area contributed by atoms with E-state index in [9.17, 15) is 27.9 Å². The van der Waals surface area contributed by atoms with Crippen LogP contribution in [0.1, 0.15) is 49.5 Å². The van der Waals surface area contributed by atoms with E-state index in [2.05, 4.69) is 4.74 Å². The fraction of sp³-hybridized carbons (Fsp3) is 0.429. The first-order chi connectivity index (χ1) is 18.7. The number of carbonyl (C=O) groups is 2. The maximum atomic E-state index is 13.0. The number of methoxy groups -OCH3 is 1. The van der Waals surface area contributed by atoms with E-state index >= 15 is 0 Å². The van der Waals surface area contributed by atoms with Crippen LogP contribution in [-0.2, 0) is 14.3 Å². The largest absolute Gasteiger partial charge is 0.573 e. The fourth-order valence-electron chi connectivity index (χ4n) is 3.79. The lowest BCUT2D eigenvalue weighted by Gasteiger charge is -2.35. The molecule has 3 rings (SSSR count). The molecule has 0 radical (unpaired) electrons. The van der Waals surface area contributed by atoms with Gasteiger partial charge in [-0.1, -0.05) is 17.7 Å². The first kappa shape index (κ1) is 31.1. The molecule has 0 bridgehead atoms. The Balaban J connectivity index is 1.69. The maximum absolute atomic E-state index is 13.0. The Bertz CT molecular complexity index is 1250. The molecule has 0 aromatic heterocycles. The molecule has 0 heterocycles. The first-order valence-electron chi connectivity index (χ1n) is 12.3. The van der Waals surface area contributed by atoms with Crippen LogP contribution in [0, 0.1) is 5.92 Å². The highest BCUT2D eigenvalue weighted by Gasteiger charge is 2.38. The molecular weight excluding hydrogens is 557 g/mol. The quantitative estimate of drug-likeness (QED) is 0.140. The molecule has 1 aliphatic rings. The van der Waals surface area contributed by atoms with E-state index < -0.39 is 29.2 Å². The normalized spacial score (nSPS) is 17.3. The summed E-state index contributed by atoms with van der Waals surface area (Å²) in [6.45, 7) is 5.54. The van der Waals surface area contributed by atoms with Gasteiger partial charge >= 0.3 is 12.3 Å². The van der Waals surface area contributed by atoms with E-state index in [0.29, 0.717) is 12.8 Å². The molecule has 0 saturated heterocycles. The predicted octanol–water partition coefficient (Wildman–Crippen LogP) is 6.36. The Morgan fingerprint density at radius 2 is 1.77 bits per heavy atom. The van der Waals surface area contributed by atoms with Gasteiger partial charge in [-0.3, -0.25) is 9.59 Å². The van der Waals surface area contributed by atoms with Gasteiger partial charge in [-0.05, 0) is 64.0 Å². The number of phenols is 1. The zero-order chi connectivity index (χ0) is 29.7. The van der Waals surface area contributed by atoms with Crippen LogP contribution in [0.2, 0.25) is 5.02 Å². The van der Waals surface area contributed by atoms with E-state index in [1.165, 1.54) is 37.5 Å². The summed E-state index contributed by atoms with van der Waals surface area (Å²) in [5.41, 5.74) is -0.585. The number of benzene rings is 2. The molecule has 12 heteroatoms. The third kappa shape index (κ3) is 8.79. The molecule has 1 fully saturated rings. The number of hydrogen-bond acceptors (Lipinski definition) is 8. The van der Waals surface area contributed by atoms with Crippen molar-refractivity contribution in [3.05, 3.63) is 52.6 Å². The first-order valence-corrected chi connectivity index (χ1v) is 12.7. The second kappa shape index (κ2) is 12.8. The number of alkyl halides is 3. The minimum absolute atomic E-state index is 0.0140. The van der Waals surface area contributed by atoms with Crippen molar-refractivity contribution in [2.24, 2.45) is 5.92 Å². The van der Waals surface area contributed by atoms with E-state index in [1.54, 1.807) is 20.8 Å². The second-order valence-corrected chi connectivity index (χ2v) is 10.4. The third-order valence-electron chi connectivity index (χ3n) is 5.72. The summed E-state index contributed by atoms with van der Waals surface area (Å²) in [6.07, 6.45) is -1.84. The number of aromatic hydroxyl groups is 1. The van der Waals surface area contributed by atoms with Crippen LogP contribution >= 0.6 is 11.6 Å². The lowest BCUT2D eigenvalue weighted by atomic mass is 9.82. The van der Waals surface area contributed by atoms with Gasteiger partial charge in [0.2, 0.25) is 0 Å². The number of allylic oxidation sites excluding steroid dienone is 1. The van der Waals surface area contributed by atoms with Gasteiger partial charge in [0.1, 0.15) is 23.7 Å². The molecule has 1 aliphatic carbocycles. The summed E-state index contributed by atoms with van der Waals surface area (Å²) in [4.78, 5) is 24.7. The molecule has 0 amide bonds. The smallest absolute Gasteiger partial charge is 0.506 e. The van der Waals surface area contributed by atoms with Crippen molar-refractivity contribution in [2.75, 3.05) is 20.3 Å². The van der Waals surface area contributed by atoms with Gasteiger partial charge in [-0.15, -0.1) is 13.2 Å². The molecule has 0 spiro atoms. The monoisotopic (exact) mass is 586 g/mol. The van der Waals surface area contributed by atoms with E-state index in [1.807, 2.05) is 0 Å². The summed E-state index contributed by atoms with van der Waals surface area (Å²) >= 11 is 5.85. The van der Waals surface area contributed by atoms with Crippen molar-refractivity contribution in [3.63, 3.8) is 0 Å². The van der Waals surface area contributed by atoms with Crippen LogP contribution in [0.15, 0.2) is 36.4 Å². The van der Waals surface area contributed by atoms with Crippen LogP contribution < -0.4 is 14.2 Å². The number of halogens is 4. The van der Waals surface area contributed by atoms with E-state index in [-0.39, 0.29) is 58.9 Å². The van der Waals surface area contributed by atoms with Gasteiger partial charge in [0.15, 0.2) is 17.3 Å². The maximum Gasteiger partial charge on any atom is 0.573 e. The molecular formula is C28H30ClF3O8. The molecule has 0 aliphatic heterocycles. The minimum atomic E-state index is -4.99. The third-order valence-corrected chi connectivity index (χ3v) is 6.02. The van der Waals surface area contributed by atoms with Crippen molar-refractivity contribution in [1.29, 1.82) is 0 Å². The number of rotatable bonds is 11. The van der Waals surface area contributed by atoms with Crippen LogP contribution in [0.5, 0.6) is 23.0 Å². The van der Waals surface area contributed by atoms with Crippen molar-refractivity contribution in [2.45, 2.75) is 51.7 Å². The van der Waals surface area contributed by atoms with Crippen molar-refractivity contribution >= 4 is 29.4 Å². The second-order valence-electron chi connectivity index (χ2n) is 9.97. The molecule has 2 aromatic carbocycles. The topological polar surface area (TPSA) is 101 Å². The summed E-state index contributed by atoms with van der Waals surface area (Å²) < 4.78 is 64.8. The number of esters is 1. The predicted molar refractivity (Wildman–Crippen MR) is 140 cm³/mol. The van der Waals surface area contributed by atoms with Crippen LogP contribution in [0.25, 0.3) is 6.08 Å². The number of ketones is 1. The summed E-state index contributed by atoms with van der Waals surface area (Å²) in [5, 5.41) is 10.0. The van der Waals surface area contributed by atoms with Gasteiger partial charge in [0.05, 0.1) is 36.3 Å². The number of para-hydroxylation sites is 1. The zero-order valence-corrected chi connectivity index (χ0v) is 23.1. The van der Waals surface area contributed by atoms with Gasteiger partial charge < -0.3 is 28.8 Å². The molecule has 0 atom stereocenters. The van der Waals surface area contributed by atoms with Crippen LogP contribution in [0.3, 0.4) is 0 Å². The molecule has 40 heavy (non-hydrogen) atoms. The summed E-state index contributed by atoms with van der Waals surface area (Å²) in [6, 6.07) is 6.43. The van der Waals surface area contributed by atoms with E-state index in [4.69, 9.17) is 30.5 Å². The van der Waals surface area contributed by atoms with Gasteiger partial charge in [0, 0.05) is 11.6 Å². The Labute approximate surface area is 234 Å². The molecule has 2 aromatic rings. The highest BCUT2D eigenvalue weighted by atomic mass is 35.5. The molecule has 1 N–H and O–H groups in total. The average Bonchev–Trinajstić information content (AvgIpc) is 2.81. The Morgan fingerprint density at radius 3 is 2.40 bits per heavy atom. The Hall–Kier alpha value is -3.44. The molecule has 218 valence electrons. The van der Waals surface area contributed by atoms with Gasteiger partial charge in [-0.25, -0.2) is 0 Å². The minimum Gasteiger partial charge on any atom is -0.506 e. The molecule has 1 saturated carbocycles. The average molecular weight is 587 g/mol. The number of phenolic OH excluding ortho intramolecular Hbond substituents is 1. The Morgan fingerprint density at radius 1 is 1.07 bits per heavy atom. The van der Waals surface area contributed by atoms with Crippen molar-refractivity contribution in [1.82, 2.24) is 0 Å². The summed E-state index contributed by atoms with van der Waals surface area (Å²) in [5.74, 6) is -2.37. The van der Waals surface area contributed by atoms with Crippen molar-refractivity contribution in [3.8, 4) is 23.0 Å².